The van der Waals surface area contributed by atoms with Crippen LogP contribution >= 0.6 is 11.3 Å². The van der Waals surface area contributed by atoms with E-state index < -0.39 is 0 Å². The lowest BCUT2D eigenvalue weighted by molar-refractivity contribution is 0.866. The highest BCUT2D eigenvalue weighted by molar-refractivity contribution is 7.15. The molecule has 0 unspecified atom stereocenters. The minimum Gasteiger partial charge on any atom is -0.372 e. The summed E-state index contributed by atoms with van der Waals surface area (Å²) in [6.45, 7) is 8.28. The number of nitrogens with zero attached hydrogens (tertiary/aromatic N) is 4. The Labute approximate surface area is 167 Å². The summed E-state index contributed by atoms with van der Waals surface area (Å²) < 4.78 is 2.04. The van der Waals surface area contributed by atoms with Crippen molar-refractivity contribution < 1.29 is 0 Å². The van der Waals surface area contributed by atoms with Crippen molar-refractivity contribution in [3.8, 4) is 11.4 Å². The van der Waals surface area contributed by atoms with Gasteiger partial charge in [-0.3, -0.25) is 4.79 Å². The van der Waals surface area contributed by atoms with Crippen LogP contribution in [0.4, 0.5) is 5.69 Å². The van der Waals surface area contributed by atoms with Gasteiger partial charge in [0.2, 0.25) is 4.96 Å². The lowest BCUT2D eigenvalue weighted by Crippen LogP contribution is -2.23. The lowest BCUT2D eigenvalue weighted by Gasteiger charge is -2.20. The van der Waals surface area contributed by atoms with E-state index in [1.54, 1.807) is 0 Å². The first-order chi connectivity index (χ1) is 13.6. The Bertz CT molecular complexity index is 1200. The molecule has 0 aliphatic rings. The molecule has 0 atom stereocenters. The highest BCUT2D eigenvalue weighted by Gasteiger charge is 2.12. The third kappa shape index (κ3) is 3.43. The quantitative estimate of drug-likeness (QED) is 0.523. The number of aryl methyl sites for hydroxylation is 1. The Morgan fingerprint density at radius 2 is 1.71 bits per heavy atom. The largest absolute Gasteiger partial charge is 0.372 e. The minimum atomic E-state index is -0.126. The zero-order chi connectivity index (χ0) is 19.7. The van der Waals surface area contributed by atoms with E-state index in [0.29, 0.717) is 15.3 Å². The van der Waals surface area contributed by atoms with Gasteiger partial charge >= 0.3 is 0 Å². The summed E-state index contributed by atoms with van der Waals surface area (Å²) in [4.78, 5) is 20.2. The molecule has 28 heavy (non-hydrogen) atoms. The monoisotopic (exact) mass is 390 g/mol. The molecule has 0 spiro atoms. The van der Waals surface area contributed by atoms with Crippen molar-refractivity contribution in [1.29, 1.82) is 0 Å². The molecule has 0 amide bonds. The van der Waals surface area contributed by atoms with Crippen LogP contribution in [0.15, 0.2) is 53.3 Å². The van der Waals surface area contributed by atoms with E-state index in [1.807, 2.05) is 49.4 Å². The van der Waals surface area contributed by atoms with Gasteiger partial charge in [0, 0.05) is 24.3 Å². The predicted molar refractivity (Wildman–Crippen MR) is 116 cm³/mol. The molecule has 0 saturated heterocycles. The second kappa shape index (κ2) is 7.56. The molecule has 142 valence electrons. The number of anilines is 1. The summed E-state index contributed by atoms with van der Waals surface area (Å²) in [6, 6.07) is 16.3. The molecule has 0 aliphatic carbocycles. The van der Waals surface area contributed by atoms with Gasteiger partial charge in [0.1, 0.15) is 0 Å². The lowest BCUT2D eigenvalue weighted by atomic mass is 10.1. The molecular weight excluding hydrogens is 368 g/mol. The van der Waals surface area contributed by atoms with E-state index in [1.165, 1.54) is 27.1 Å². The van der Waals surface area contributed by atoms with Gasteiger partial charge in [-0.1, -0.05) is 53.3 Å². The van der Waals surface area contributed by atoms with Crippen LogP contribution in [0.2, 0.25) is 0 Å². The van der Waals surface area contributed by atoms with Crippen molar-refractivity contribution in [3.63, 3.8) is 0 Å². The third-order valence-electron chi connectivity index (χ3n) is 4.81. The molecule has 0 fully saturated rings. The normalized spacial score (nSPS) is 12.0. The fourth-order valence-electron chi connectivity index (χ4n) is 3.18. The fraction of sp³-hybridized carbons (Fsp3) is 0.227. The first-order valence-electron chi connectivity index (χ1n) is 9.42. The second-order valence-electron chi connectivity index (χ2n) is 6.68. The van der Waals surface area contributed by atoms with Gasteiger partial charge in [-0.05, 0) is 44.5 Å². The molecule has 0 radical (unpaired) electrons. The average Bonchev–Trinajstić information content (AvgIpc) is 3.24. The van der Waals surface area contributed by atoms with Crippen molar-refractivity contribution in [2.75, 3.05) is 18.0 Å². The third-order valence-corrected chi connectivity index (χ3v) is 5.77. The van der Waals surface area contributed by atoms with Gasteiger partial charge < -0.3 is 4.90 Å². The van der Waals surface area contributed by atoms with Crippen molar-refractivity contribution in [1.82, 2.24) is 14.6 Å². The Hall–Kier alpha value is -2.99. The summed E-state index contributed by atoms with van der Waals surface area (Å²) >= 11 is 1.37. The summed E-state index contributed by atoms with van der Waals surface area (Å²) in [7, 11) is 0. The first-order valence-corrected chi connectivity index (χ1v) is 10.2. The van der Waals surface area contributed by atoms with Crippen LogP contribution < -0.4 is 15.0 Å². The van der Waals surface area contributed by atoms with Gasteiger partial charge in [-0.25, -0.2) is 0 Å². The highest BCUT2D eigenvalue weighted by atomic mass is 32.1. The topological polar surface area (TPSA) is 50.5 Å². The van der Waals surface area contributed by atoms with Gasteiger partial charge in [0.15, 0.2) is 5.82 Å². The van der Waals surface area contributed by atoms with Crippen LogP contribution in [-0.2, 0) is 0 Å². The smallest absolute Gasteiger partial charge is 0.291 e. The highest BCUT2D eigenvalue weighted by Crippen LogP contribution is 2.18. The van der Waals surface area contributed by atoms with Crippen LogP contribution in [0.5, 0.6) is 0 Å². The number of aromatic nitrogens is 3. The van der Waals surface area contributed by atoms with E-state index in [9.17, 15) is 4.79 Å². The van der Waals surface area contributed by atoms with E-state index in [2.05, 4.69) is 41.0 Å². The van der Waals surface area contributed by atoms with Crippen LogP contribution in [0.3, 0.4) is 0 Å². The SMILES string of the molecule is CCN(CC)c1ccc(/C=c2\sc3nc(-c4ccc(C)cc4)nn3c2=O)cc1. The van der Waals surface area contributed by atoms with E-state index in [4.69, 9.17) is 0 Å². The molecule has 6 heteroatoms. The Morgan fingerprint density at radius 3 is 2.32 bits per heavy atom. The second-order valence-corrected chi connectivity index (χ2v) is 7.68. The molecule has 0 bridgehead atoms. The van der Waals surface area contributed by atoms with Gasteiger partial charge in [0.05, 0.1) is 4.53 Å². The maximum absolute atomic E-state index is 12.7. The molecule has 2 aromatic heterocycles. The Kier molecular flexibility index (Phi) is 4.96. The van der Waals surface area contributed by atoms with Gasteiger partial charge in [-0.15, -0.1) is 5.10 Å². The van der Waals surface area contributed by atoms with E-state index >= 15 is 0 Å². The summed E-state index contributed by atoms with van der Waals surface area (Å²) in [5, 5.41) is 4.41. The van der Waals surface area contributed by atoms with Crippen molar-refractivity contribution in [2.45, 2.75) is 20.8 Å². The number of rotatable bonds is 5. The van der Waals surface area contributed by atoms with Gasteiger partial charge in [-0.2, -0.15) is 9.50 Å². The van der Waals surface area contributed by atoms with E-state index in [0.717, 1.165) is 24.2 Å². The molecule has 2 aromatic carbocycles. The number of hydrogen-bond acceptors (Lipinski definition) is 5. The average molecular weight is 391 g/mol. The molecule has 5 nitrogen and oxygen atoms in total. The van der Waals surface area contributed by atoms with Gasteiger partial charge in [0.25, 0.3) is 5.56 Å². The predicted octanol–water partition coefficient (Wildman–Crippen LogP) is 3.52. The van der Waals surface area contributed by atoms with Crippen molar-refractivity contribution >= 4 is 28.1 Å². The fourth-order valence-corrected chi connectivity index (χ4v) is 4.09. The Morgan fingerprint density at radius 1 is 1.04 bits per heavy atom. The standard InChI is InChI=1S/C22H22N4OS/c1-4-25(5-2)18-12-8-16(9-13-18)14-19-21(27)26-22(28-19)23-20(24-26)17-10-6-15(3)7-11-17/h6-14H,4-5H2,1-3H3/b19-14-. The maximum atomic E-state index is 12.7. The molecule has 0 N–H and O–H groups in total. The zero-order valence-corrected chi connectivity index (χ0v) is 17.0. The molecular formula is C22H22N4OS. The molecule has 4 aromatic rings. The Balaban J connectivity index is 1.68. The minimum absolute atomic E-state index is 0.126. The molecule has 0 aliphatic heterocycles. The van der Waals surface area contributed by atoms with Crippen molar-refractivity contribution in [3.05, 3.63) is 74.5 Å². The molecule has 0 saturated carbocycles. The number of fused-ring (bicyclic) bond motifs is 1. The number of thiazole rings is 1. The molecule has 4 rings (SSSR count). The number of benzene rings is 2. The van der Waals surface area contributed by atoms with Crippen LogP contribution in [0.25, 0.3) is 22.4 Å². The zero-order valence-electron chi connectivity index (χ0n) is 16.2. The summed E-state index contributed by atoms with van der Waals surface area (Å²) in [5.41, 5.74) is 4.15. The number of hydrogen-bond donors (Lipinski definition) is 0. The van der Waals surface area contributed by atoms with Crippen LogP contribution in [0.1, 0.15) is 25.0 Å². The summed E-state index contributed by atoms with van der Waals surface area (Å²) in [6.07, 6.45) is 1.90. The van der Waals surface area contributed by atoms with Crippen LogP contribution in [0, 0.1) is 6.92 Å². The van der Waals surface area contributed by atoms with E-state index in [-0.39, 0.29) is 5.56 Å². The summed E-state index contributed by atoms with van der Waals surface area (Å²) in [5.74, 6) is 0.582. The molecule has 2 heterocycles. The first kappa shape index (κ1) is 18.4. The maximum Gasteiger partial charge on any atom is 0.291 e. The van der Waals surface area contributed by atoms with Crippen LogP contribution in [-0.4, -0.2) is 27.7 Å². The van der Waals surface area contributed by atoms with Crippen molar-refractivity contribution in [2.24, 2.45) is 0 Å².